The van der Waals surface area contributed by atoms with E-state index in [0.717, 1.165) is 19.5 Å². The third-order valence-corrected chi connectivity index (χ3v) is 4.63. The normalized spacial score (nSPS) is 33.3. The molecule has 2 fully saturated rings. The topological polar surface area (TPSA) is 32.3 Å². The van der Waals surface area contributed by atoms with Crippen LogP contribution in [0.3, 0.4) is 0 Å². The van der Waals surface area contributed by atoms with Gasteiger partial charge in [-0.15, -0.1) is 0 Å². The van der Waals surface area contributed by atoms with E-state index in [0.29, 0.717) is 17.7 Å². The van der Waals surface area contributed by atoms with E-state index >= 15 is 0 Å². The molecule has 0 radical (unpaired) electrons. The van der Waals surface area contributed by atoms with Gasteiger partial charge in [0.1, 0.15) is 0 Å². The van der Waals surface area contributed by atoms with Gasteiger partial charge in [-0.2, -0.15) is 0 Å². The quantitative estimate of drug-likeness (QED) is 0.791. The van der Waals surface area contributed by atoms with Crippen molar-refractivity contribution in [3.63, 3.8) is 0 Å². The highest BCUT2D eigenvalue weighted by Gasteiger charge is 2.50. The molecule has 2 saturated heterocycles. The summed E-state index contributed by atoms with van der Waals surface area (Å²) in [5.74, 6) is 1.11. The van der Waals surface area contributed by atoms with Gasteiger partial charge in [-0.1, -0.05) is 20.8 Å². The summed E-state index contributed by atoms with van der Waals surface area (Å²) in [5.41, 5.74) is -0.181. The van der Waals surface area contributed by atoms with Gasteiger partial charge in [-0.05, 0) is 46.1 Å². The van der Waals surface area contributed by atoms with Crippen molar-refractivity contribution in [3.05, 3.63) is 0 Å². The SMILES string of the molecule is CC(C)(C)C(=O)C1CC2CCNCC2N1C(C)(C)C. The van der Waals surface area contributed by atoms with E-state index in [2.05, 4.69) is 51.8 Å². The minimum absolute atomic E-state index is 0.0595. The van der Waals surface area contributed by atoms with Crippen LogP contribution in [0.1, 0.15) is 54.4 Å². The van der Waals surface area contributed by atoms with Gasteiger partial charge < -0.3 is 5.32 Å². The van der Waals surface area contributed by atoms with Crippen molar-refractivity contribution < 1.29 is 4.79 Å². The molecule has 0 aromatic rings. The molecule has 2 rings (SSSR count). The van der Waals surface area contributed by atoms with Crippen LogP contribution in [0.5, 0.6) is 0 Å². The van der Waals surface area contributed by atoms with Crippen molar-refractivity contribution in [1.29, 1.82) is 0 Å². The fraction of sp³-hybridized carbons (Fsp3) is 0.938. The maximum absolute atomic E-state index is 12.8. The lowest BCUT2D eigenvalue weighted by Crippen LogP contribution is -2.57. The first-order valence-corrected chi connectivity index (χ1v) is 7.66. The standard InChI is InChI=1S/C16H30N2O/c1-15(2,3)14(19)12-9-11-7-8-17-10-13(11)18(12)16(4,5)6/h11-13,17H,7-10H2,1-6H3. The zero-order chi connectivity index (χ0) is 14.4. The maximum atomic E-state index is 12.8. The van der Waals surface area contributed by atoms with Gasteiger partial charge in [0.2, 0.25) is 0 Å². The summed E-state index contributed by atoms with van der Waals surface area (Å²) in [5, 5.41) is 3.50. The Kier molecular flexibility index (Phi) is 3.83. The molecule has 0 aliphatic carbocycles. The van der Waals surface area contributed by atoms with Crippen LogP contribution >= 0.6 is 0 Å². The van der Waals surface area contributed by atoms with Gasteiger partial charge in [0.15, 0.2) is 5.78 Å². The molecule has 3 atom stereocenters. The number of piperidine rings is 1. The number of rotatable bonds is 1. The van der Waals surface area contributed by atoms with Crippen LogP contribution in [0.25, 0.3) is 0 Å². The van der Waals surface area contributed by atoms with E-state index < -0.39 is 0 Å². The van der Waals surface area contributed by atoms with Crippen molar-refractivity contribution >= 4 is 5.78 Å². The molecule has 110 valence electrons. The van der Waals surface area contributed by atoms with E-state index in [4.69, 9.17) is 0 Å². The highest BCUT2D eigenvalue weighted by atomic mass is 16.1. The third kappa shape index (κ3) is 2.87. The Bertz CT molecular complexity index is 351. The summed E-state index contributed by atoms with van der Waals surface area (Å²) in [6, 6.07) is 0.639. The molecule has 0 aromatic heterocycles. The lowest BCUT2D eigenvalue weighted by Gasteiger charge is -2.43. The number of nitrogens with one attached hydrogen (secondary N) is 1. The van der Waals surface area contributed by atoms with Crippen LogP contribution < -0.4 is 5.32 Å². The van der Waals surface area contributed by atoms with Crippen molar-refractivity contribution in [2.24, 2.45) is 11.3 Å². The number of fused-ring (bicyclic) bond motifs is 1. The average Bonchev–Trinajstić information content (AvgIpc) is 2.64. The molecule has 0 spiro atoms. The van der Waals surface area contributed by atoms with Crippen LogP contribution in [-0.2, 0) is 4.79 Å². The minimum Gasteiger partial charge on any atom is -0.315 e. The fourth-order valence-corrected chi connectivity index (χ4v) is 3.83. The number of Topliss-reactive ketones (excluding diaryl/α,β-unsaturated/α-hetero) is 1. The summed E-state index contributed by atoms with van der Waals surface area (Å²) in [6.45, 7) is 15.0. The second kappa shape index (κ2) is 4.85. The van der Waals surface area contributed by atoms with Crippen LogP contribution in [0.15, 0.2) is 0 Å². The third-order valence-electron chi connectivity index (χ3n) is 4.63. The average molecular weight is 266 g/mol. The van der Waals surface area contributed by atoms with E-state index in [-0.39, 0.29) is 17.0 Å². The van der Waals surface area contributed by atoms with E-state index in [9.17, 15) is 4.79 Å². The number of nitrogens with zero attached hydrogens (tertiary/aromatic N) is 1. The molecule has 2 aliphatic rings. The number of likely N-dealkylation sites (tertiary alicyclic amines) is 1. The zero-order valence-electron chi connectivity index (χ0n) is 13.4. The van der Waals surface area contributed by atoms with Crippen molar-refractivity contribution in [1.82, 2.24) is 10.2 Å². The van der Waals surface area contributed by atoms with Crippen LogP contribution in [0, 0.1) is 11.3 Å². The summed E-state index contributed by atoms with van der Waals surface area (Å²) in [6.07, 6.45) is 2.27. The predicted octanol–water partition coefficient (Wildman–Crippen LogP) is 2.45. The first kappa shape index (κ1) is 15.0. The smallest absolute Gasteiger partial charge is 0.155 e. The molecule has 2 aliphatic heterocycles. The summed E-state index contributed by atoms with van der Waals surface area (Å²) < 4.78 is 0. The molecular formula is C16H30N2O. The van der Waals surface area contributed by atoms with Crippen molar-refractivity contribution in [3.8, 4) is 0 Å². The predicted molar refractivity (Wildman–Crippen MR) is 79.2 cm³/mol. The molecule has 3 nitrogen and oxygen atoms in total. The summed E-state index contributed by atoms with van der Waals surface area (Å²) in [7, 11) is 0. The van der Waals surface area contributed by atoms with Gasteiger partial charge in [-0.3, -0.25) is 9.69 Å². The lowest BCUT2D eigenvalue weighted by molar-refractivity contribution is -0.133. The molecule has 0 amide bonds. The molecule has 0 aromatic carbocycles. The highest BCUT2D eigenvalue weighted by Crippen LogP contribution is 2.41. The van der Waals surface area contributed by atoms with E-state index in [1.165, 1.54) is 6.42 Å². The number of ketones is 1. The van der Waals surface area contributed by atoms with Gasteiger partial charge >= 0.3 is 0 Å². The highest BCUT2D eigenvalue weighted by molar-refractivity contribution is 5.89. The first-order valence-electron chi connectivity index (χ1n) is 7.66. The van der Waals surface area contributed by atoms with E-state index in [1.54, 1.807) is 0 Å². The molecule has 3 unspecified atom stereocenters. The monoisotopic (exact) mass is 266 g/mol. The number of hydrogen-bond donors (Lipinski definition) is 1. The maximum Gasteiger partial charge on any atom is 0.155 e. The Morgan fingerprint density at radius 3 is 2.32 bits per heavy atom. The molecule has 19 heavy (non-hydrogen) atoms. The number of carbonyl (C=O) groups excluding carboxylic acids is 1. The Balaban J connectivity index is 2.29. The largest absolute Gasteiger partial charge is 0.315 e. The second-order valence-electron chi connectivity index (χ2n) is 8.26. The van der Waals surface area contributed by atoms with Crippen molar-refractivity contribution in [2.45, 2.75) is 72.0 Å². The Morgan fingerprint density at radius 1 is 1.16 bits per heavy atom. The van der Waals surface area contributed by atoms with E-state index in [1.807, 2.05) is 0 Å². The lowest BCUT2D eigenvalue weighted by atomic mass is 9.83. The molecule has 0 bridgehead atoms. The Morgan fingerprint density at radius 2 is 1.79 bits per heavy atom. The van der Waals surface area contributed by atoms with Gasteiger partial charge in [-0.25, -0.2) is 0 Å². The first-order chi connectivity index (χ1) is 8.62. The van der Waals surface area contributed by atoms with Gasteiger partial charge in [0.05, 0.1) is 6.04 Å². The molecule has 3 heteroatoms. The zero-order valence-corrected chi connectivity index (χ0v) is 13.4. The van der Waals surface area contributed by atoms with Crippen LogP contribution in [0.4, 0.5) is 0 Å². The fourth-order valence-electron chi connectivity index (χ4n) is 3.83. The Labute approximate surface area is 118 Å². The second-order valence-corrected chi connectivity index (χ2v) is 8.26. The molecular weight excluding hydrogens is 236 g/mol. The Hall–Kier alpha value is -0.410. The molecule has 0 saturated carbocycles. The van der Waals surface area contributed by atoms with Crippen LogP contribution in [-0.4, -0.2) is 41.4 Å². The van der Waals surface area contributed by atoms with Crippen molar-refractivity contribution in [2.75, 3.05) is 13.1 Å². The van der Waals surface area contributed by atoms with Gasteiger partial charge in [0.25, 0.3) is 0 Å². The van der Waals surface area contributed by atoms with Gasteiger partial charge in [0, 0.05) is 23.5 Å². The molecule has 1 N–H and O–H groups in total. The molecule has 2 heterocycles. The number of hydrogen-bond acceptors (Lipinski definition) is 3. The number of carbonyl (C=O) groups is 1. The van der Waals surface area contributed by atoms with Crippen LogP contribution in [0.2, 0.25) is 0 Å². The minimum atomic E-state index is -0.241. The summed E-state index contributed by atoms with van der Waals surface area (Å²) >= 11 is 0. The summed E-state index contributed by atoms with van der Waals surface area (Å²) in [4.78, 5) is 15.3.